The van der Waals surface area contributed by atoms with Gasteiger partial charge in [0.1, 0.15) is 0 Å². The minimum atomic E-state index is -1.12. The fraction of sp³-hybridized carbons (Fsp3) is 0. The summed E-state index contributed by atoms with van der Waals surface area (Å²) in [5.74, 6) is -0.601. The molecule has 98 valence electrons. The second-order valence-electron chi connectivity index (χ2n) is 4.10. The second kappa shape index (κ2) is 4.97. The van der Waals surface area contributed by atoms with Gasteiger partial charge in [-0.25, -0.2) is 9.78 Å². The highest BCUT2D eigenvalue weighted by Gasteiger charge is 2.21. The first-order valence-electron chi connectivity index (χ1n) is 5.95. The topological polar surface area (TPSA) is 76.2 Å². The van der Waals surface area contributed by atoms with Crippen molar-refractivity contribution in [2.75, 3.05) is 0 Å². The van der Waals surface area contributed by atoms with E-state index in [2.05, 4.69) is 9.97 Å². The number of hydrogen-bond donors (Lipinski definition) is 1. The van der Waals surface area contributed by atoms with Crippen molar-refractivity contribution < 1.29 is 14.3 Å². The molecule has 0 aliphatic rings. The summed E-state index contributed by atoms with van der Waals surface area (Å²) in [7, 11) is 0. The predicted molar refractivity (Wildman–Crippen MR) is 72.1 cm³/mol. The van der Waals surface area contributed by atoms with Crippen molar-refractivity contribution >= 4 is 5.97 Å². The van der Waals surface area contributed by atoms with Crippen LogP contribution in [0.2, 0.25) is 0 Å². The van der Waals surface area contributed by atoms with Crippen LogP contribution in [0.25, 0.3) is 22.8 Å². The lowest BCUT2D eigenvalue weighted by Gasteiger charge is -1.96. The molecule has 0 fully saturated rings. The van der Waals surface area contributed by atoms with Crippen LogP contribution in [0.4, 0.5) is 0 Å². The van der Waals surface area contributed by atoms with Crippen molar-refractivity contribution in [1.29, 1.82) is 0 Å². The molecule has 3 aromatic rings. The van der Waals surface area contributed by atoms with Crippen molar-refractivity contribution in [3.63, 3.8) is 0 Å². The summed E-state index contributed by atoms with van der Waals surface area (Å²) < 4.78 is 5.63. The van der Waals surface area contributed by atoms with Crippen LogP contribution in [-0.2, 0) is 0 Å². The molecule has 2 aromatic heterocycles. The molecular formula is C15H10N2O3. The fourth-order valence-corrected chi connectivity index (χ4v) is 1.87. The molecule has 0 amide bonds. The minimum Gasteiger partial charge on any atom is -0.476 e. The van der Waals surface area contributed by atoms with Crippen molar-refractivity contribution in [3.8, 4) is 22.8 Å². The van der Waals surface area contributed by atoms with Gasteiger partial charge in [0.15, 0.2) is 11.5 Å². The molecule has 0 saturated heterocycles. The van der Waals surface area contributed by atoms with Crippen molar-refractivity contribution in [2.24, 2.45) is 0 Å². The monoisotopic (exact) mass is 266 g/mol. The number of rotatable bonds is 3. The van der Waals surface area contributed by atoms with E-state index in [-0.39, 0.29) is 17.3 Å². The van der Waals surface area contributed by atoms with Gasteiger partial charge in [0.05, 0.1) is 0 Å². The molecule has 0 unspecified atom stereocenters. The third kappa shape index (κ3) is 2.16. The van der Waals surface area contributed by atoms with Crippen LogP contribution in [0.1, 0.15) is 10.5 Å². The molecule has 5 nitrogen and oxygen atoms in total. The summed E-state index contributed by atoms with van der Waals surface area (Å²) in [5.41, 5.74) is 1.26. The first kappa shape index (κ1) is 12.1. The summed E-state index contributed by atoms with van der Waals surface area (Å²) in [5, 5.41) is 9.25. The summed E-state index contributed by atoms with van der Waals surface area (Å²) in [4.78, 5) is 19.3. The van der Waals surface area contributed by atoms with Crippen molar-refractivity contribution in [3.05, 3.63) is 60.6 Å². The number of carboxylic acid groups (broad SMARTS) is 1. The number of aromatic nitrogens is 2. The molecule has 3 rings (SSSR count). The number of nitrogens with zero attached hydrogens (tertiary/aromatic N) is 2. The Morgan fingerprint density at radius 2 is 1.70 bits per heavy atom. The zero-order valence-electron chi connectivity index (χ0n) is 10.4. The fourth-order valence-electron chi connectivity index (χ4n) is 1.87. The molecule has 1 N–H and O–H groups in total. The quantitative estimate of drug-likeness (QED) is 0.788. The summed E-state index contributed by atoms with van der Waals surface area (Å²) in [6.07, 6.45) is 3.15. The Morgan fingerprint density at radius 1 is 1.00 bits per heavy atom. The number of hydrogen-bond acceptors (Lipinski definition) is 4. The molecule has 20 heavy (non-hydrogen) atoms. The van der Waals surface area contributed by atoms with Gasteiger partial charge in [0, 0.05) is 23.5 Å². The number of aromatic carboxylic acids is 1. The van der Waals surface area contributed by atoms with Crippen molar-refractivity contribution in [1.82, 2.24) is 9.97 Å². The Balaban J connectivity index is 2.15. The van der Waals surface area contributed by atoms with Gasteiger partial charge in [-0.2, -0.15) is 0 Å². The van der Waals surface area contributed by atoms with Crippen LogP contribution in [-0.4, -0.2) is 21.0 Å². The zero-order chi connectivity index (χ0) is 13.9. The first-order chi connectivity index (χ1) is 9.75. The van der Waals surface area contributed by atoms with E-state index in [0.29, 0.717) is 5.56 Å². The van der Waals surface area contributed by atoms with Crippen LogP contribution >= 0.6 is 0 Å². The highest BCUT2D eigenvalue weighted by atomic mass is 16.4. The average molecular weight is 266 g/mol. The number of pyridine rings is 1. The maximum atomic E-state index is 11.3. The number of carboxylic acids is 1. The van der Waals surface area contributed by atoms with E-state index in [1.807, 2.05) is 30.3 Å². The maximum Gasteiger partial charge on any atom is 0.358 e. The molecule has 1 aromatic carbocycles. The standard InChI is InChI=1S/C15H10N2O3/c18-15(19)12-13(10-6-8-16-9-7-10)20-14(17-12)11-4-2-1-3-5-11/h1-9H,(H,18,19). The van der Waals surface area contributed by atoms with Gasteiger partial charge in [-0.1, -0.05) is 18.2 Å². The average Bonchev–Trinajstić information content (AvgIpc) is 2.94. The van der Waals surface area contributed by atoms with E-state index < -0.39 is 5.97 Å². The predicted octanol–water partition coefficient (Wildman–Crippen LogP) is 3.10. The van der Waals surface area contributed by atoms with E-state index in [9.17, 15) is 9.90 Å². The molecule has 0 spiro atoms. The summed E-state index contributed by atoms with van der Waals surface area (Å²) in [6.45, 7) is 0. The minimum absolute atomic E-state index is 0.102. The molecule has 0 atom stereocenters. The molecule has 0 aliphatic carbocycles. The molecular weight excluding hydrogens is 256 g/mol. The van der Waals surface area contributed by atoms with Gasteiger partial charge in [0.2, 0.25) is 5.89 Å². The SMILES string of the molecule is O=C(O)c1nc(-c2ccccc2)oc1-c1ccncc1. The molecule has 5 heteroatoms. The van der Waals surface area contributed by atoms with Crippen LogP contribution in [0.5, 0.6) is 0 Å². The van der Waals surface area contributed by atoms with Gasteiger partial charge in [-0.3, -0.25) is 4.98 Å². The van der Waals surface area contributed by atoms with E-state index in [1.54, 1.807) is 24.5 Å². The Kier molecular flexibility index (Phi) is 3.01. The Morgan fingerprint density at radius 3 is 2.35 bits per heavy atom. The molecule has 2 heterocycles. The Bertz CT molecular complexity index is 736. The molecule has 0 radical (unpaired) electrons. The maximum absolute atomic E-state index is 11.3. The Labute approximate surface area is 114 Å². The molecule has 0 aliphatic heterocycles. The van der Waals surface area contributed by atoms with Gasteiger partial charge >= 0.3 is 5.97 Å². The lowest BCUT2D eigenvalue weighted by molar-refractivity contribution is 0.0691. The number of oxazole rings is 1. The van der Waals surface area contributed by atoms with Crippen LogP contribution in [0, 0.1) is 0 Å². The van der Waals surface area contributed by atoms with E-state index in [1.165, 1.54) is 0 Å². The van der Waals surface area contributed by atoms with E-state index in [0.717, 1.165) is 5.56 Å². The van der Waals surface area contributed by atoms with Crippen LogP contribution < -0.4 is 0 Å². The normalized spacial score (nSPS) is 10.4. The third-order valence-electron chi connectivity index (χ3n) is 2.79. The second-order valence-corrected chi connectivity index (χ2v) is 4.10. The van der Waals surface area contributed by atoms with Gasteiger partial charge in [-0.15, -0.1) is 0 Å². The van der Waals surface area contributed by atoms with Gasteiger partial charge < -0.3 is 9.52 Å². The van der Waals surface area contributed by atoms with Gasteiger partial charge in [-0.05, 0) is 24.3 Å². The summed E-state index contributed by atoms with van der Waals surface area (Å²) >= 11 is 0. The van der Waals surface area contributed by atoms with Gasteiger partial charge in [0.25, 0.3) is 0 Å². The number of benzene rings is 1. The highest BCUT2D eigenvalue weighted by molar-refractivity contribution is 5.93. The Hall–Kier alpha value is -2.95. The first-order valence-corrected chi connectivity index (χ1v) is 5.95. The largest absolute Gasteiger partial charge is 0.476 e. The van der Waals surface area contributed by atoms with E-state index >= 15 is 0 Å². The number of carbonyl (C=O) groups is 1. The zero-order valence-corrected chi connectivity index (χ0v) is 10.4. The molecule has 0 saturated carbocycles. The third-order valence-corrected chi connectivity index (χ3v) is 2.79. The summed E-state index contributed by atoms with van der Waals surface area (Å²) in [6, 6.07) is 12.5. The smallest absolute Gasteiger partial charge is 0.358 e. The lowest BCUT2D eigenvalue weighted by atomic mass is 10.2. The molecule has 0 bridgehead atoms. The lowest BCUT2D eigenvalue weighted by Crippen LogP contribution is -1.98. The van der Waals surface area contributed by atoms with Crippen molar-refractivity contribution in [2.45, 2.75) is 0 Å². The highest BCUT2D eigenvalue weighted by Crippen LogP contribution is 2.29. The van der Waals surface area contributed by atoms with Crippen LogP contribution in [0.3, 0.4) is 0 Å². The van der Waals surface area contributed by atoms with Crippen LogP contribution in [0.15, 0.2) is 59.3 Å². The van der Waals surface area contributed by atoms with E-state index in [4.69, 9.17) is 4.42 Å².